The van der Waals surface area contributed by atoms with Crippen LogP contribution in [0.1, 0.15) is 6.92 Å². The number of aliphatic hydroxyl groups excluding tert-OH is 2. The zero-order valence-corrected chi connectivity index (χ0v) is 11.2. The molecule has 0 aromatic heterocycles. The number of benzene rings is 1. The van der Waals surface area contributed by atoms with Crippen LogP contribution in [0.15, 0.2) is 29.2 Å². The second-order valence-electron chi connectivity index (χ2n) is 3.83. The van der Waals surface area contributed by atoms with Gasteiger partial charge in [0.15, 0.2) is 9.84 Å². The molecular formula is C12H19NO4S. The first-order valence-electron chi connectivity index (χ1n) is 5.84. The molecule has 0 spiro atoms. The minimum absolute atomic E-state index is 0.0188. The van der Waals surface area contributed by atoms with Gasteiger partial charge in [-0.1, -0.05) is 6.92 Å². The minimum Gasteiger partial charge on any atom is -0.395 e. The Hall–Kier alpha value is -1.11. The second-order valence-corrected chi connectivity index (χ2v) is 6.11. The summed E-state index contributed by atoms with van der Waals surface area (Å²) in [7, 11) is -3.18. The van der Waals surface area contributed by atoms with Crippen molar-refractivity contribution in [3.05, 3.63) is 24.3 Å². The first-order chi connectivity index (χ1) is 8.55. The topological polar surface area (TPSA) is 77.8 Å². The first-order valence-corrected chi connectivity index (χ1v) is 7.50. The van der Waals surface area contributed by atoms with Crippen LogP contribution in [0.3, 0.4) is 0 Å². The number of hydrogen-bond donors (Lipinski definition) is 2. The summed E-state index contributed by atoms with van der Waals surface area (Å²) >= 11 is 0. The molecule has 5 nitrogen and oxygen atoms in total. The lowest BCUT2D eigenvalue weighted by Crippen LogP contribution is -2.29. The van der Waals surface area contributed by atoms with E-state index < -0.39 is 9.84 Å². The first kappa shape index (κ1) is 14.9. The Kier molecular flexibility index (Phi) is 5.58. The van der Waals surface area contributed by atoms with Crippen molar-refractivity contribution in [2.75, 3.05) is 37.0 Å². The maximum absolute atomic E-state index is 11.6. The molecule has 0 aliphatic rings. The fraction of sp³-hybridized carbons (Fsp3) is 0.500. The van der Waals surface area contributed by atoms with E-state index in [9.17, 15) is 8.42 Å². The maximum Gasteiger partial charge on any atom is 0.178 e. The Bertz CT molecular complexity index is 449. The quantitative estimate of drug-likeness (QED) is 0.745. The number of nitrogens with zero attached hydrogens (tertiary/aromatic N) is 1. The molecule has 1 rings (SSSR count). The highest BCUT2D eigenvalue weighted by Gasteiger charge is 2.12. The van der Waals surface area contributed by atoms with Crippen LogP contribution in [0.4, 0.5) is 5.69 Å². The molecule has 0 aliphatic carbocycles. The molecule has 0 aliphatic heterocycles. The second kappa shape index (κ2) is 6.72. The van der Waals surface area contributed by atoms with Crippen LogP contribution < -0.4 is 4.90 Å². The lowest BCUT2D eigenvalue weighted by molar-refractivity contribution is 0.281. The van der Waals surface area contributed by atoms with Crippen molar-refractivity contribution in [3.8, 4) is 0 Å². The molecule has 0 saturated heterocycles. The summed E-state index contributed by atoms with van der Waals surface area (Å²) in [6, 6.07) is 6.48. The number of hydrogen-bond acceptors (Lipinski definition) is 5. The third-order valence-electron chi connectivity index (χ3n) is 2.68. The predicted octanol–water partition coefficient (Wildman–Crippen LogP) is 0.271. The lowest BCUT2D eigenvalue weighted by Gasteiger charge is -2.23. The van der Waals surface area contributed by atoms with E-state index in [0.717, 1.165) is 5.69 Å². The van der Waals surface area contributed by atoms with E-state index in [1.165, 1.54) is 0 Å². The Morgan fingerprint density at radius 3 is 1.94 bits per heavy atom. The Morgan fingerprint density at radius 1 is 1.06 bits per heavy atom. The number of aliphatic hydroxyl groups is 2. The van der Waals surface area contributed by atoms with Gasteiger partial charge in [0.25, 0.3) is 0 Å². The zero-order valence-electron chi connectivity index (χ0n) is 10.4. The van der Waals surface area contributed by atoms with Gasteiger partial charge >= 0.3 is 0 Å². The molecule has 2 N–H and O–H groups in total. The number of rotatable bonds is 7. The van der Waals surface area contributed by atoms with E-state index in [-0.39, 0.29) is 19.0 Å². The van der Waals surface area contributed by atoms with E-state index in [2.05, 4.69) is 0 Å². The third kappa shape index (κ3) is 3.69. The summed E-state index contributed by atoms with van der Waals surface area (Å²) in [5, 5.41) is 17.9. The largest absolute Gasteiger partial charge is 0.395 e. The predicted molar refractivity (Wildman–Crippen MR) is 70.6 cm³/mol. The Morgan fingerprint density at radius 2 is 1.56 bits per heavy atom. The monoisotopic (exact) mass is 273 g/mol. The van der Waals surface area contributed by atoms with E-state index in [0.29, 0.717) is 18.0 Å². The molecule has 0 atom stereocenters. The molecule has 0 heterocycles. The Balaban J connectivity index is 2.93. The van der Waals surface area contributed by atoms with Crippen molar-refractivity contribution >= 4 is 15.5 Å². The van der Waals surface area contributed by atoms with Gasteiger partial charge < -0.3 is 15.1 Å². The van der Waals surface area contributed by atoms with Crippen molar-refractivity contribution in [3.63, 3.8) is 0 Å². The van der Waals surface area contributed by atoms with E-state index in [1.54, 1.807) is 36.1 Å². The fourth-order valence-corrected chi connectivity index (χ4v) is 2.53. The average Bonchev–Trinajstić information content (AvgIpc) is 2.39. The smallest absolute Gasteiger partial charge is 0.178 e. The summed E-state index contributed by atoms with van der Waals surface area (Å²) < 4.78 is 23.3. The van der Waals surface area contributed by atoms with Crippen molar-refractivity contribution in [2.24, 2.45) is 0 Å². The summed E-state index contributed by atoms with van der Waals surface area (Å²) in [6.07, 6.45) is 0. The molecule has 0 saturated carbocycles. The van der Waals surface area contributed by atoms with E-state index >= 15 is 0 Å². The van der Waals surface area contributed by atoms with Gasteiger partial charge in [0, 0.05) is 18.8 Å². The number of anilines is 1. The highest BCUT2D eigenvalue weighted by atomic mass is 32.2. The molecule has 0 bridgehead atoms. The van der Waals surface area contributed by atoms with Gasteiger partial charge in [-0.3, -0.25) is 0 Å². The summed E-state index contributed by atoms with van der Waals surface area (Å²) in [4.78, 5) is 2.09. The maximum atomic E-state index is 11.6. The van der Waals surface area contributed by atoms with Gasteiger partial charge in [0.1, 0.15) is 0 Å². The van der Waals surface area contributed by atoms with Crippen LogP contribution in [0.2, 0.25) is 0 Å². The molecule has 0 radical (unpaired) electrons. The molecule has 1 aromatic rings. The summed E-state index contributed by atoms with van der Waals surface area (Å²) in [5.74, 6) is 0.0728. The van der Waals surface area contributed by atoms with Crippen molar-refractivity contribution in [2.45, 2.75) is 11.8 Å². The van der Waals surface area contributed by atoms with Crippen LogP contribution in [0.25, 0.3) is 0 Å². The molecule has 18 heavy (non-hydrogen) atoms. The highest BCUT2D eigenvalue weighted by molar-refractivity contribution is 7.91. The van der Waals surface area contributed by atoms with Crippen LogP contribution in [0.5, 0.6) is 0 Å². The van der Waals surface area contributed by atoms with Gasteiger partial charge in [-0.05, 0) is 24.3 Å². The normalized spacial score (nSPS) is 11.5. The SMILES string of the molecule is CCS(=O)(=O)c1ccc(N(CCO)CCO)cc1. The van der Waals surface area contributed by atoms with Crippen LogP contribution in [-0.4, -0.2) is 50.7 Å². The van der Waals surface area contributed by atoms with Crippen LogP contribution >= 0.6 is 0 Å². The molecular weight excluding hydrogens is 254 g/mol. The zero-order chi connectivity index (χ0) is 13.6. The van der Waals surface area contributed by atoms with Gasteiger partial charge in [-0.25, -0.2) is 8.42 Å². The van der Waals surface area contributed by atoms with Crippen LogP contribution in [0, 0.1) is 0 Å². The minimum atomic E-state index is -3.18. The standard InChI is InChI=1S/C12H19NO4S/c1-2-18(16,17)12-5-3-11(4-6-12)13(7-9-14)8-10-15/h3-6,14-15H,2,7-10H2,1H3. The van der Waals surface area contributed by atoms with Crippen molar-refractivity contribution in [1.29, 1.82) is 0 Å². The fourth-order valence-electron chi connectivity index (χ4n) is 1.64. The average molecular weight is 273 g/mol. The van der Waals surface area contributed by atoms with Gasteiger partial charge in [0.2, 0.25) is 0 Å². The molecule has 0 fully saturated rings. The summed E-state index contributed by atoms with van der Waals surface area (Å²) in [6.45, 7) is 2.37. The van der Waals surface area contributed by atoms with E-state index in [1.807, 2.05) is 0 Å². The van der Waals surface area contributed by atoms with E-state index in [4.69, 9.17) is 10.2 Å². The van der Waals surface area contributed by atoms with Crippen molar-refractivity contribution < 1.29 is 18.6 Å². The molecule has 6 heteroatoms. The van der Waals surface area contributed by atoms with Gasteiger partial charge in [0.05, 0.1) is 23.9 Å². The van der Waals surface area contributed by atoms with Gasteiger partial charge in [-0.2, -0.15) is 0 Å². The highest BCUT2D eigenvalue weighted by Crippen LogP contribution is 2.18. The molecule has 0 unspecified atom stereocenters. The third-order valence-corrected chi connectivity index (χ3v) is 4.43. The van der Waals surface area contributed by atoms with Gasteiger partial charge in [-0.15, -0.1) is 0 Å². The summed E-state index contributed by atoms with van der Waals surface area (Å²) in [5.41, 5.74) is 0.785. The van der Waals surface area contributed by atoms with Crippen LogP contribution in [-0.2, 0) is 9.84 Å². The van der Waals surface area contributed by atoms with Crippen molar-refractivity contribution in [1.82, 2.24) is 0 Å². The molecule has 102 valence electrons. The Labute approximate surface area is 108 Å². The molecule has 1 aromatic carbocycles. The lowest BCUT2D eigenvalue weighted by atomic mass is 10.3. The number of sulfone groups is 1. The molecule has 0 amide bonds.